The highest BCUT2D eigenvalue weighted by Gasteiger charge is 2.39. The van der Waals surface area contributed by atoms with Crippen molar-refractivity contribution in [2.24, 2.45) is 0 Å². The van der Waals surface area contributed by atoms with E-state index in [1.807, 2.05) is 12.1 Å². The Morgan fingerprint density at radius 2 is 0.897 bits per heavy atom. The maximum absolute atomic E-state index is 13.9. The van der Waals surface area contributed by atoms with Crippen molar-refractivity contribution in [2.75, 3.05) is 49.2 Å². The summed E-state index contributed by atoms with van der Waals surface area (Å²) in [5.74, 6) is 2.27. The topological polar surface area (TPSA) is 92.8 Å². The maximum Gasteiger partial charge on any atom is 0.262 e. The minimum atomic E-state index is -0.405. The van der Waals surface area contributed by atoms with Crippen LogP contribution in [-0.2, 0) is 16.0 Å². The van der Waals surface area contributed by atoms with Crippen LogP contribution >= 0.6 is 0 Å². The van der Waals surface area contributed by atoms with Gasteiger partial charge in [0.05, 0.1) is 53.8 Å². The van der Waals surface area contributed by atoms with E-state index in [9.17, 15) is 9.59 Å². The molecule has 2 amide bonds. The molecule has 0 radical (unpaired) electrons. The Morgan fingerprint density at radius 1 is 0.513 bits per heavy atom. The van der Waals surface area contributed by atoms with Crippen LogP contribution in [0.5, 0.6) is 34.5 Å². The molecule has 1 aliphatic heterocycles. The first-order valence-electron chi connectivity index (χ1n) is 12.2. The lowest BCUT2D eigenvalue weighted by molar-refractivity contribution is -0.135. The number of nitrogens with zero attached hydrogens (tertiary/aromatic N) is 1. The molecule has 0 atom stereocenters. The van der Waals surface area contributed by atoms with Crippen LogP contribution in [0.25, 0.3) is 11.1 Å². The molecule has 9 heteroatoms. The van der Waals surface area contributed by atoms with E-state index < -0.39 is 11.8 Å². The smallest absolute Gasteiger partial charge is 0.262 e. The van der Waals surface area contributed by atoms with Crippen molar-refractivity contribution >= 4 is 23.0 Å². The van der Waals surface area contributed by atoms with E-state index in [1.54, 1.807) is 56.7 Å². The van der Waals surface area contributed by atoms with Crippen LogP contribution in [0.1, 0.15) is 16.7 Å². The van der Waals surface area contributed by atoms with Crippen LogP contribution in [0.2, 0.25) is 0 Å². The molecule has 9 nitrogen and oxygen atoms in total. The van der Waals surface area contributed by atoms with Gasteiger partial charge in [0.25, 0.3) is 11.8 Å². The van der Waals surface area contributed by atoms with E-state index in [-0.39, 0.29) is 17.7 Å². The molecule has 3 aromatic carbocycles. The van der Waals surface area contributed by atoms with Gasteiger partial charge < -0.3 is 28.4 Å². The molecule has 0 unspecified atom stereocenters. The van der Waals surface area contributed by atoms with Gasteiger partial charge in [0.1, 0.15) is 0 Å². The number of amides is 2. The highest BCUT2D eigenvalue weighted by atomic mass is 16.5. The van der Waals surface area contributed by atoms with Gasteiger partial charge >= 0.3 is 0 Å². The summed E-state index contributed by atoms with van der Waals surface area (Å²) in [5, 5.41) is 0. The zero-order chi connectivity index (χ0) is 28.1. The van der Waals surface area contributed by atoms with E-state index in [2.05, 4.69) is 0 Å². The van der Waals surface area contributed by atoms with Gasteiger partial charge in [-0.3, -0.25) is 14.5 Å². The number of ether oxygens (including phenoxy) is 6. The second-order valence-corrected chi connectivity index (χ2v) is 8.59. The van der Waals surface area contributed by atoms with Gasteiger partial charge in [-0.05, 0) is 59.5 Å². The van der Waals surface area contributed by atoms with Crippen molar-refractivity contribution in [2.45, 2.75) is 6.42 Å². The van der Waals surface area contributed by atoms with Crippen LogP contribution in [0, 0.1) is 0 Å². The summed E-state index contributed by atoms with van der Waals surface area (Å²) in [6, 6.07) is 15.8. The SMILES string of the molecule is COc1ccc(CCN2C(=O)C(c3ccc(OC)c(OC)c3)=C(c3ccc(OC)c(OC)c3)C2=O)cc1OC. The van der Waals surface area contributed by atoms with Gasteiger partial charge in [0, 0.05) is 6.54 Å². The van der Waals surface area contributed by atoms with Crippen molar-refractivity contribution < 1.29 is 38.0 Å². The fourth-order valence-electron chi connectivity index (χ4n) is 4.58. The quantitative estimate of drug-likeness (QED) is 0.338. The molecule has 3 aromatic rings. The van der Waals surface area contributed by atoms with Crippen molar-refractivity contribution in [3.63, 3.8) is 0 Å². The molecule has 0 bridgehead atoms. The summed E-state index contributed by atoms with van der Waals surface area (Å²) in [6.07, 6.45) is 0.427. The summed E-state index contributed by atoms with van der Waals surface area (Å²) < 4.78 is 32.4. The zero-order valence-corrected chi connectivity index (χ0v) is 22.8. The Bertz CT molecular complexity index is 1350. The van der Waals surface area contributed by atoms with E-state index in [4.69, 9.17) is 28.4 Å². The lowest BCUT2D eigenvalue weighted by atomic mass is 9.95. The third-order valence-corrected chi connectivity index (χ3v) is 6.58. The molecule has 0 N–H and O–H groups in total. The molecule has 0 fully saturated rings. The van der Waals surface area contributed by atoms with Crippen molar-refractivity contribution in [3.05, 3.63) is 71.3 Å². The van der Waals surface area contributed by atoms with Gasteiger partial charge in [0.2, 0.25) is 0 Å². The molecule has 0 saturated carbocycles. The Kier molecular flexibility index (Phi) is 8.29. The first-order valence-corrected chi connectivity index (χ1v) is 12.2. The molecule has 0 saturated heterocycles. The molecular formula is C30H31NO8. The fourth-order valence-corrected chi connectivity index (χ4v) is 4.58. The Morgan fingerprint density at radius 3 is 1.31 bits per heavy atom. The molecule has 0 aliphatic carbocycles. The number of hydrogen-bond acceptors (Lipinski definition) is 8. The third kappa shape index (κ3) is 5.20. The molecule has 1 aliphatic rings. The predicted molar refractivity (Wildman–Crippen MR) is 146 cm³/mol. The average molecular weight is 534 g/mol. The van der Waals surface area contributed by atoms with Crippen LogP contribution in [-0.4, -0.2) is 65.9 Å². The number of methoxy groups -OCH3 is 6. The lowest BCUT2D eigenvalue weighted by Gasteiger charge is -2.16. The second kappa shape index (κ2) is 11.8. The third-order valence-electron chi connectivity index (χ3n) is 6.58. The number of rotatable bonds is 11. The normalized spacial score (nSPS) is 13.0. The number of carbonyl (C=O) groups is 2. The number of imide groups is 1. The molecule has 0 spiro atoms. The summed E-state index contributed by atoms with van der Waals surface area (Å²) in [4.78, 5) is 29.0. The molecular weight excluding hydrogens is 502 g/mol. The van der Waals surface area contributed by atoms with Gasteiger partial charge in [-0.2, -0.15) is 0 Å². The van der Waals surface area contributed by atoms with E-state index >= 15 is 0 Å². The van der Waals surface area contributed by atoms with Crippen LogP contribution in [0.4, 0.5) is 0 Å². The van der Waals surface area contributed by atoms with Crippen molar-refractivity contribution in [1.82, 2.24) is 4.90 Å². The largest absolute Gasteiger partial charge is 0.493 e. The van der Waals surface area contributed by atoms with Crippen LogP contribution < -0.4 is 28.4 Å². The Hall–Kier alpha value is -4.66. The van der Waals surface area contributed by atoms with Crippen LogP contribution in [0.15, 0.2) is 54.6 Å². The fraction of sp³-hybridized carbons (Fsp3) is 0.267. The van der Waals surface area contributed by atoms with E-state index in [0.717, 1.165) is 5.56 Å². The van der Waals surface area contributed by atoms with Crippen molar-refractivity contribution in [3.8, 4) is 34.5 Å². The summed E-state index contributed by atoms with van der Waals surface area (Å²) >= 11 is 0. The molecule has 4 rings (SSSR count). The van der Waals surface area contributed by atoms with E-state index in [1.165, 1.54) is 33.3 Å². The first-order chi connectivity index (χ1) is 18.9. The molecule has 39 heavy (non-hydrogen) atoms. The maximum atomic E-state index is 13.9. The zero-order valence-electron chi connectivity index (χ0n) is 22.8. The Labute approximate surface area is 227 Å². The minimum absolute atomic E-state index is 0.167. The van der Waals surface area contributed by atoms with E-state index in [0.29, 0.717) is 52.0 Å². The Balaban J connectivity index is 1.77. The van der Waals surface area contributed by atoms with Gasteiger partial charge in [-0.1, -0.05) is 18.2 Å². The minimum Gasteiger partial charge on any atom is -0.493 e. The van der Waals surface area contributed by atoms with Crippen molar-refractivity contribution in [1.29, 1.82) is 0 Å². The van der Waals surface area contributed by atoms with Gasteiger partial charge in [0.15, 0.2) is 34.5 Å². The number of hydrogen-bond donors (Lipinski definition) is 0. The molecule has 1 heterocycles. The monoisotopic (exact) mass is 533 g/mol. The van der Waals surface area contributed by atoms with Gasteiger partial charge in [-0.15, -0.1) is 0 Å². The molecule has 0 aromatic heterocycles. The average Bonchev–Trinajstić information content (AvgIpc) is 3.23. The standard InChI is InChI=1S/C30H31NO8/c1-34-21-10-7-18(15-24(21)37-4)13-14-31-29(32)27(19-8-11-22(35-2)25(16-19)38-5)28(30(31)33)20-9-12-23(36-3)26(17-20)39-6/h7-12,15-17H,13-14H2,1-6H3. The highest BCUT2D eigenvalue weighted by Crippen LogP contribution is 2.41. The summed E-state index contributed by atoms with van der Waals surface area (Å²) in [6.45, 7) is 0.167. The van der Waals surface area contributed by atoms with Crippen LogP contribution in [0.3, 0.4) is 0 Å². The lowest BCUT2D eigenvalue weighted by Crippen LogP contribution is -2.33. The molecule has 204 valence electrons. The second-order valence-electron chi connectivity index (χ2n) is 8.59. The summed E-state index contributed by atoms with van der Waals surface area (Å²) in [7, 11) is 9.22. The highest BCUT2D eigenvalue weighted by molar-refractivity contribution is 6.49. The number of benzene rings is 3. The summed E-state index contributed by atoms with van der Waals surface area (Å²) in [5.41, 5.74) is 2.48. The predicted octanol–water partition coefficient (Wildman–Crippen LogP) is 4.26. The first kappa shape index (κ1) is 27.4. The number of carbonyl (C=O) groups excluding carboxylic acids is 2. The van der Waals surface area contributed by atoms with Gasteiger partial charge in [-0.25, -0.2) is 0 Å².